The van der Waals surface area contributed by atoms with Gasteiger partial charge in [0.05, 0.1) is 5.69 Å². The number of hydrogen-bond acceptors (Lipinski definition) is 4. The van der Waals surface area contributed by atoms with E-state index in [4.69, 9.17) is 10.7 Å². The molecule has 3 rings (SSSR count). The molecular weight excluding hydrogens is 280 g/mol. The maximum atomic E-state index is 5.81. The molecule has 116 valence electrons. The first-order chi connectivity index (χ1) is 10.3. The molecule has 1 fully saturated rings. The highest BCUT2D eigenvalue weighted by Crippen LogP contribution is 2.29. The monoisotopic (exact) mass is 306 g/mol. The van der Waals surface area contributed by atoms with Crippen LogP contribution in [0.3, 0.4) is 0 Å². The highest BCUT2D eigenvalue weighted by Gasteiger charge is 2.22. The minimum Gasteiger partial charge on any atom is -0.355 e. The molecule has 0 amide bonds. The van der Waals surface area contributed by atoms with Gasteiger partial charge < -0.3 is 10.6 Å². The Morgan fingerprint density at radius 2 is 2.29 bits per heavy atom. The molecule has 0 spiro atoms. The maximum absolute atomic E-state index is 5.81. The Balaban J connectivity index is 1.82. The van der Waals surface area contributed by atoms with Crippen molar-refractivity contribution in [2.45, 2.75) is 45.4 Å². The molecule has 0 radical (unpaired) electrons. The molecule has 4 nitrogen and oxygen atoms in total. The van der Waals surface area contributed by atoms with E-state index in [1.165, 1.54) is 43.6 Å². The molecule has 2 aromatic heterocycles. The van der Waals surface area contributed by atoms with Gasteiger partial charge in [0, 0.05) is 31.1 Å². The number of anilines is 1. The number of nitrogens with two attached hydrogens (primary N) is 1. The summed E-state index contributed by atoms with van der Waals surface area (Å²) in [6.45, 7) is 5.27. The van der Waals surface area contributed by atoms with E-state index >= 15 is 0 Å². The molecule has 3 heterocycles. The van der Waals surface area contributed by atoms with Gasteiger partial charge in [0.25, 0.3) is 0 Å². The lowest BCUT2D eigenvalue weighted by Gasteiger charge is -2.22. The lowest BCUT2D eigenvalue weighted by atomic mass is 9.96. The van der Waals surface area contributed by atoms with Gasteiger partial charge in [0.15, 0.2) is 10.8 Å². The van der Waals surface area contributed by atoms with Crippen LogP contribution in [0.4, 0.5) is 5.82 Å². The summed E-state index contributed by atoms with van der Waals surface area (Å²) in [5.74, 6) is 2.09. The van der Waals surface area contributed by atoms with Crippen LogP contribution in [0.2, 0.25) is 0 Å². The van der Waals surface area contributed by atoms with E-state index in [0.29, 0.717) is 6.54 Å². The van der Waals surface area contributed by atoms with Gasteiger partial charge in [-0.2, -0.15) is 0 Å². The summed E-state index contributed by atoms with van der Waals surface area (Å²) >= 11 is 1.71. The van der Waals surface area contributed by atoms with Crippen LogP contribution < -0.4 is 10.6 Å². The van der Waals surface area contributed by atoms with Crippen LogP contribution in [0.1, 0.15) is 44.7 Å². The zero-order valence-corrected chi connectivity index (χ0v) is 13.7. The van der Waals surface area contributed by atoms with Gasteiger partial charge in [0.1, 0.15) is 0 Å². The van der Waals surface area contributed by atoms with E-state index in [1.54, 1.807) is 11.3 Å². The van der Waals surface area contributed by atoms with Gasteiger partial charge in [-0.05, 0) is 31.7 Å². The third-order valence-corrected chi connectivity index (χ3v) is 5.32. The topological polar surface area (TPSA) is 46.6 Å². The van der Waals surface area contributed by atoms with Crippen LogP contribution in [0.25, 0.3) is 4.96 Å². The number of rotatable bonds is 5. The summed E-state index contributed by atoms with van der Waals surface area (Å²) < 4.78 is 2.22. The van der Waals surface area contributed by atoms with Gasteiger partial charge in [-0.15, -0.1) is 11.3 Å². The second-order valence-corrected chi connectivity index (χ2v) is 6.92. The van der Waals surface area contributed by atoms with Crippen molar-refractivity contribution in [1.82, 2.24) is 9.38 Å². The van der Waals surface area contributed by atoms with E-state index in [1.807, 2.05) is 0 Å². The van der Waals surface area contributed by atoms with Gasteiger partial charge in [-0.3, -0.25) is 4.40 Å². The third kappa shape index (κ3) is 3.09. The van der Waals surface area contributed by atoms with E-state index in [9.17, 15) is 0 Å². The highest BCUT2D eigenvalue weighted by molar-refractivity contribution is 7.15. The summed E-state index contributed by atoms with van der Waals surface area (Å²) in [6.07, 6.45) is 9.68. The summed E-state index contributed by atoms with van der Waals surface area (Å²) in [5, 5.41) is 2.10. The van der Waals surface area contributed by atoms with Gasteiger partial charge >= 0.3 is 0 Å². The van der Waals surface area contributed by atoms with Gasteiger partial charge in [0.2, 0.25) is 0 Å². The quantitative estimate of drug-likeness (QED) is 0.922. The van der Waals surface area contributed by atoms with Crippen LogP contribution in [-0.2, 0) is 6.42 Å². The average Bonchev–Trinajstić information content (AvgIpc) is 2.97. The van der Waals surface area contributed by atoms with Gasteiger partial charge in [-0.1, -0.05) is 19.8 Å². The fourth-order valence-corrected chi connectivity index (χ4v) is 4.25. The van der Waals surface area contributed by atoms with E-state index in [2.05, 4.69) is 27.8 Å². The molecule has 1 atom stereocenters. The van der Waals surface area contributed by atoms with Crippen LogP contribution in [0.15, 0.2) is 11.6 Å². The van der Waals surface area contributed by atoms with Crippen molar-refractivity contribution >= 4 is 22.1 Å². The van der Waals surface area contributed by atoms with Crippen molar-refractivity contribution in [3.63, 3.8) is 0 Å². The predicted molar refractivity (Wildman–Crippen MR) is 90.3 cm³/mol. The second-order valence-electron chi connectivity index (χ2n) is 6.05. The molecule has 1 unspecified atom stereocenters. The summed E-state index contributed by atoms with van der Waals surface area (Å²) in [5.41, 5.74) is 7.11. The van der Waals surface area contributed by atoms with E-state index in [-0.39, 0.29) is 0 Å². The number of imidazole rings is 1. The molecule has 0 bridgehead atoms. The fourth-order valence-electron chi connectivity index (χ4n) is 3.52. The van der Waals surface area contributed by atoms with Crippen molar-refractivity contribution < 1.29 is 0 Å². The third-order valence-electron chi connectivity index (χ3n) is 4.57. The number of thiazole rings is 1. The minimum absolute atomic E-state index is 0.683. The summed E-state index contributed by atoms with van der Waals surface area (Å²) in [7, 11) is 0. The first-order valence-corrected chi connectivity index (χ1v) is 9.11. The number of hydrogen-bond donors (Lipinski definition) is 1. The van der Waals surface area contributed by atoms with Crippen LogP contribution in [0.5, 0.6) is 0 Å². The van der Waals surface area contributed by atoms with Crippen molar-refractivity contribution in [3.8, 4) is 0 Å². The molecule has 2 aromatic rings. The van der Waals surface area contributed by atoms with Crippen LogP contribution in [0, 0.1) is 5.92 Å². The van der Waals surface area contributed by atoms with Crippen molar-refractivity contribution in [2.24, 2.45) is 11.7 Å². The Labute approximate surface area is 131 Å². The van der Waals surface area contributed by atoms with Crippen molar-refractivity contribution in [3.05, 3.63) is 17.3 Å². The molecule has 21 heavy (non-hydrogen) atoms. The predicted octanol–water partition coefficient (Wildman–Crippen LogP) is 3.30. The molecule has 1 saturated heterocycles. The molecule has 1 aliphatic rings. The fraction of sp³-hybridized carbons (Fsp3) is 0.688. The average molecular weight is 306 g/mol. The SMILES string of the molecule is CCCC1CCCN(c2nc3sccn3c2CCN)CC1. The van der Waals surface area contributed by atoms with Crippen LogP contribution >= 0.6 is 11.3 Å². The largest absolute Gasteiger partial charge is 0.355 e. The lowest BCUT2D eigenvalue weighted by molar-refractivity contribution is 0.435. The highest BCUT2D eigenvalue weighted by atomic mass is 32.1. The Morgan fingerprint density at radius 1 is 1.38 bits per heavy atom. The molecule has 2 N–H and O–H groups in total. The zero-order chi connectivity index (χ0) is 14.7. The molecule has 1 aliphatic heterocycles. The smallest absolute Gasteiger partial charge is 0.195 e. The standard InChI is InChI=1S/C16H26N4S/c1-2-4-13-5-3-9-19(10-7-13)15-14(6-8-17)20-11-12-21-16(20)18-15/h11-13H,2-10,17H2,1H3. The maximum Gasteiger partial charge on any atom is 0.195 e. The van der Waals surface area contributed by atoms with Gasteiger partial charge in [-0.25, -0.2) is 4.98 Å². The first-order valence-electron chi connectivity index (χ1n) is 8.23. The van der Waals surface area contributed by atoms with E-state index in [0.717, 1.165) is 30.4 Å². The lowest BCUT2D eigenvalue weighted by Crippen LogP contribution is -2.26. The molecule has 0 aromatic carbocycles. The summed E-state index contributed by atoms with van der Waals surface area (Å²) in [4.78, 5) is 8.48. The number of aromatic nitrogens is 2. The van der Waals surface area contributed by atoms with E-state index < -0.39 is 0 Å². The Hall–Kier alpha value is -1.07. The Kier molecular flexibility index (Phi) is 4.80. The Bertz CT molecular complexity index is 574. The summed E-state index contributed by atoms with van der Waals surface area (Å²) in [6, 6.07) is 0. The molecule has 0 saturated carbocycles. The Morgan fingerprint density at radius 3 is 3.10 bits per heavy atom. The van der Waals surface area contributed by atoms with Crippen molar-refractivity contribution in [2.75, 3.05) is 24.5 Å². The first kappa shape index (κ1) is 14.9. The molecule has 0 aliphatic carbocycles. The second kappa shape index (κ2) is 6.79. The zero-order valence-electron chi connectivity index (χ0n) is 12.9. The van der Waals surface area contributed by atoms with Crippen LogP contribution in [-0.4, -0.2) is 29.0 Å². The molecular formula is C16H26N4S. The van der Waals surface area contributed by atoms with Crippen molar-refractivity contribution in [1.29, 1.82) is 0 Å². The molecule has 5 heteroatoms. The number of nitrogens with zero attached hydrogens (tertiary/aromatic N) is 3. The minimum atomic E-state index is 0.683. The normalized spacial score (nSPS) is 20.1. The number of fused-ring (bicyclic) bond motifs is 1.